The van der Waals surface area contributed by atoms with E-state index in [0.717, 1.165) is 0 Å². The van der Waals surface area contributed by atoms with Gasteiger partial charge in [0, 0.05) is 0 Å². The molecule has 6 nitrogen and oxygen atoms in total. The number of hydrogen-bond acceptors (Lipinski definition) is 5. The van der Waals surface area contributed by atoms with Crippen molar-refractivity contribution in [1.29, 1.82) is 0 Å². The molecule has 0 bridgehead atoms. The Balaban J connectivity index is 2.52. The lowest BCUT2D eigenvalue weighted by molar-refractivity contribution is 0.0953. The minimum absolute atomic E-state index is 0.116. The van der Waals surface area contributed by atoms with Crippen LogP contribution in [0.5, 0.6) is 5.88 Å². The van der Waals surface area contributed by atoms with Crippen molar-refractivity contribution in [2.75, 3.05) is 12.3 Å². The van der Waals surface area contributed by atoms with E-state index in [4.69, 9.17) is 10.5 Å². The van der Waals surface area contributed by atoms with E-state index in [-0.39, 0.29) is 29.3 Å². The van der Waals surface area contributed by atoms with E-state index in [1.54, 1.807) is 0 Å². The second-order valence-electron chi connectivity index (χ2n) is 3.08. The molecule has 0 saturated heterocycles. The van der Waals surface area contributed by atoms with Crippen LogP contribution in [0.15, 0.2) is 6.33 Å². The van der Waals surface area contributed by atoms with Gasteiger partial charge in [0.1, 0.15) is 23.8 Å². The third-order valence-corrected chi connectivity index (χ3v) is 1.93. The van der Waals surface area contributed by atoms with Crippen molar-refractivity contribution >= 4 is 11.7 Å². The lowest BCUT2D eigenvalue weighted by atomic mass is 10.3. The number of nitrogens with zero attached hydrogens (tertiary/aromatic N) is 2. The smallest absolute Gasteiger partial charge is 0.260 e. The molecular formula is C8H10N4O2. The summed E-state index contributed by atoms with van der Waals surface area (Å²) in [5, 5.41) is 2.67. The average molecular weight is 194 g/mol. The summed E-state index contributed by atoms with van der Waals surface area (Å²) in [4.78, 5) is 19.1. The van der Waals surface area contributed by atoms with Crippen LogP contribution in [-0.2, 0) is 0 Å². The number of amides is 1. The van der Waals surface area contributed by atoms with E-state index < -0.39 is 0 Å². The predicted octanol–water partition coefficient (Wildman–Crippen LogP) is -0.431. The Morgan fingerprint density at radius 3 is 3.21 bits per heavy atom. The Hall–Kier alpha value is -1.85. The molecule has 0 aromatic carbocycles. The van der Waals surface area contributed by atoms with Gasteiger partial charge in [-0.25, -0.2) is 9.97 Å². The average Bonchev–Trinajstić information content (AvgIpc) is 2.27. The Bertz CT molecular complexity index is 380. The number of carbonyl (C=O) groups is 1. The first-order chi connectivity index (χ1) is 6.68. The molecule has 0 spiro atoms. The molecule has 2 heterocycles. The fraction of sp³-hybridized carbons (Fsp3) is 0.375. The zero-order valence-corrected chi connectivity index (χ0v) is 7.65. The molecule has 1 aliphatic heterocycles. The third kappa shape index (κ3) is 1.34. The highest BCUT2D eigenvalue weighted by molar-refractivity contribution is 6.00. The first-order valence-corrected chi connectivity index (χ1v) is 4.24. The molecule has 1 atom stereocenters. The summed E-state index contributed by atoms with van der Waals surface area (Å²) in [5.41, 5.74) is 5.77. The van der Waals surface area contributed by atoms with Gasteiger partial charge in [0.25, 0.3) is 5.91 Å². The second kappa shape index (κ2) is 3.13. The number of anilines is 1. The Morgan fingerprint density at radius 1 is 1.64 bits per heavy atom. The number of rotatable bonds is 0. The molecule has 0 radical (unpaired) electrons. The van der Waals surface area contributed by atoms with E-state index in [1.165, 1.54) is 6.33 Å². The van der Waals surface area contributed by atoms with E-state index in [9.17, 15) is 4.79 Å². The summed E-state index contributed by atoms with van der Waals surface area (Å²) in [6.45, 7) is 2.28. The molecule has 14 heavy (non-hydrogen) atoms. The molecule has 1 aromatic heterocycles. The number of fused-ring (bicyclic) bond motifs is 1. The maximum absolute atomic E-state index is 11.5. The Labute approximate surface area is 80.5 Å². The fourth-order valence-electron chi connectivity index (χ4n) is 1.24. The Kier molecular flexibility index (Phi) is 1.95. The van der Waals surface area contributed by atoms with Crippen molar-refractivity contribution in [2.24, 2.45) is 0 Å². The molecule has 0 fully saturated rings. The lowest BCUT2D eigenvalue weighted by Crippen LogP contribution is -2.29. The first-order valence-electron chi connectivity index (χ1n) is 4.24. The number of nitrogens with two attached hydrogens (primary N) is 1. The van der Waals surface area contributed by atoms with E-state index in [2.05, 4.69) is 15.3 Å². The molecule has 74 valence electrons. The van der Waals surface area contributed by atoms with Crippen molar-refractivity contribution in [3.05, 3.63) is 11.9 Å². The van der Waals surface area contributed by atoms with Crippen LogP contribution >= 0.6 is 0 Å². The van der Waals surface area contributed by atoms with Crippen molar-refractivity contribution in [2.45, 2.75) is 13.0 Å². The molecule has 6 heteroatoms. The maximum atomic E-state index is 11.5. The lowest BCUT2D eigenvalue weighted by Gasteiger charge is -2.09. The van der Waals surface area contributed by atoms with Crippen LogP contribution in [0.2, 0.25) is 0 Å². The number of hydrogen-bond donors (Lipinski definition) is 2. The Morgan fingerprint density at radius 2 is 2.43 bits per heavy atom. The number of nitrogen functional groups attached to an aromatic ring is 1. The number of ether oxygens (including phenoxy) is 1. The van der Waals surface area contributed by atoms with Crippen molar-refractivity contribution in [1.82, 2.24) is 15.3 Å². The van der Waals surface area contributed by atoms with Crippen LogP contribution in [0.1, 0.15) is 17.3 Å². The van der Waals surface area contributed by atoms with Crippen molar-refractivity contribution < 1.29 is 9.53 Å². The van der Waals surface area contributed by atoms with Gasteiger partial charge in [0.15, 0.2) is 0 Å². The van der Waals surface area contributed by atoms with Gasteiger partial charge in [-0.1, -0.05) is 0 Å². The standard InChI is InChI=1S/C8H10N4O2/c1-4-2-10-7(13)5-6(9)11-3-12-8(5)14-4/h3-4H,2H2,1H3,(H,10,13)(H2,9,11,12)/t4-/m0/s1. The summed E-state index contributed by atoms with van der Waals surface area (Å²) in [6.07, 6.45) is 1.16. The highest BCUT2D eigenvalue weighted by atomic mass is 16.5. The molecule has 0 aliphatic carbocycles. The quantitative estimate of drug-likeness (QED) is 0.584. The molecule has 3 N–H and O–H groups in total. The van der Waals surface area contributed by atoms with E-state index in [1.807, 2.05) is 6.92 Å². The largest absolute Gasteiger partial charge is 0.472 e. The number of carbonyl (C=O) groups excluding carboxylic acids is 1. The highest BCUT2D eigenvalue weighted by Crippen LogP contribution is 2.22. The SMILES string of the molecule is C[C@H]1CNC(=O)c2c(N)ncnc2O1. The molecule has 1 aliphatic rings. The van der Waals surface area contributed by atoms with Crippen molar-refractivity contribution in [3.63, 3.8) is 0 Å². The topological polar surface area (TPSA) is 90.1 Å². The first kappa shape index (κ1) is 8.74. The van der Waals surface area contributed by atoms with Crippen LogP contribution in [0.3, 0.4) is 0 Å². The van der Waals surface area contributed by atoms with Gasteiger partial charge in [-0.05, 0) is 6.92 Å². The van der Waals surface area contributed by atoms with Crippen molar-refractivity contribution in [3.8, 4) is 5.88 Å². The number of nitrogens with one attached hydrogen (secondary N) is 1. The minimum atomic E-state index is -0.289. The summed E-state index contributed by atoms with van der Waals surface area (Å²) in [7, 11) is 0. The minimum Gasteiger partial charge on any atom is -0.472 e. The van der Waals surface area contributed by atoms with Gasteiger partial charge < -0.3 is 15.8 Å². The second-order valence-corrected chi connectivity index (χ2v) is 3.08. The van der Waals surface area contributed by atoms with Gasteiger partial charge in [-0.15, -0.1) is 0 Å². The molecule has 2 rings (SSSR count). The molecule has 0 saturated carbocycles. The predicted molar refractivity (Wildman–Crippen MR) is 48.9 cm³/mol. The van der Waals surface area contributed by atoms with Gasteiger partial charge in [-0.2, -0.15) is 0 Å². The van der Waals surface area contributed by atoms with Crippen LogP contribution in [0.4, 0.5) is 5.82 Å². The monoisotopic (exact) mass is 194 g/mol. The van der Waals surface area contributed by atoms with Crippen LogP contribution < -0.4 is 15.8 Å². The summed E-state index contributed by atoms with van der Waals surface area (Å²) >= 11 is 0. The highest BCUT2D eigenvalue weighted by Gasteiger charge is 2.24. The summed E-state index contributed by atoms with van der Waals surface area (Å²) < 4.78 is 5.39. The molecule has 1 aromatic rings. The molecule has 0 unspecified atom stereocenters. The molecular weight excluding hydrogens is 184 g/mol. The summed E-state index contributed by atoms with van der Waals surface area (Å²) in [6, 6.07) is 0. The number of aromatic nitrogens is 2. The van der Waals surface area contributed by atoms with Crippen LogP contribution in [0.25, 0.3) is 0 Å². The normalized spacial score (nSPS) is 20.4. The van der Waals surface area contributed by atoms with Crippen LogP contribution in [0, 0.1) is 0 Å². The molecule has 1 amide bonds. The van der Waals surface area contributed by atoms with Crippen LogP contribution in [-0.4, -0.2) is 28.5 Å². The summed E-state index contributed by atoms with van der Waals surface area (Å²) in [5.74, 6) is 0.101. The van der Waals surface area contributed by atoms with E-state index in [0.29, 0.717) is 6.54 Å². The van der Waals surface area contributed by atoms with E-state index >= 15 is 0 Å². The van der Waals surface area contributed by atoms with Gasteiger partial charge in [-0.3, -0.25) is 4.79 Å². The van der Waals surface area contributed by atoms with Gasteiger partial charge in [0.05, 0.1) is 6.54 Å². The third-order valence-electron chi connectivity index (χ3n) is 1.93. The zero-order valence-electron chi connectivity index (χ0n) is 7.65. The zero-order chi connectivity index (χ0) is 10.1. The van der Waals surface area contributed by atoms with Gasteiger partial charge >= 0.3 is 0 Å². The maximum Gasteiger partial charge on any atom is 0.260 e. The fourth-order valence-corrected chi connectivity index (χ4v) is 1.24. The van der Waals surface area contributed by atoms with Gasteiger partial charge in [0.2, 0.25) is 5.88 Å².